The molecule has 0 amide bonds. The van der Waals surface area contributed by atoms with E-state index in [-0.39, 0.29) is 5.97 Å². The molecule has 0 aliphatic heterocycles. The molecule has 15 heavy (non-hydrogen) atoms. The molecule has 0 fully saturated rings. The Labute approximate surface area is 86.7 Å². The Kier molecular flexibility index (Phi) is 2.29. The van der Waals surface area contributed by atoms with E-state index in [0.717, 1.165) is 11.3 Å². The molecule has 2 aromatic rings. The van der Waals surface area contributed by atoms with Crippen LogP contribution in [0, 0.1) is 0 Å². The molecule has 0 aliphatic carbocycles. The van der Waals surface area contributed by atoms with Gasteiger partial charge in [-0.15, -0.1) is 0 Å². The number of carbonyl (C=O) groups excluding carboxylic acids is 1. The first-order valence-electron chi connectivity index (χ1n) is 4.47. The summed E-state index contributed by atoms with van der Waals surface area (Å²) in [4.78, 5) is 11.4. The third-order valence-electron chi connectivity index (χ3n) is 2.31. The maximum absolute atomic E-state index is 11.4. The molecular formula is C10H11N3O2. The number of hydrogen-bond acceptors (Lipinski definition) is 3. The van der Waals surface area contributed by atoms with Crippen molar-refractivity contribution >= 4 is 5.97 Å². The number of nitrogens with zero attached hydrogens (tertiary/aromatic N) is 2. The highest BCUT2D eigenvalue weighted by molar-refractivity contribution is 5.89. The zero-order valence-corrected chi connectivity index (χ0v) is 8.52. The summed E-state index contributed by atoms with van der Waals surface area (Å²) in [5, 5.41) is 6.59. The highest BCUT2D eigenvalue weighted by Crippen LogP contribution is 2.20. The van der Waals surface area contributed by atoms with Gasteiger partial charge in [0.2, 0.25) is 0 Å². The van der Waals surface area contributed by atoms with Crippen LogP contribution < -0.4 is 0 Å². The van der Waals surface area contributed by atoms with Crippen LogP contribution in [-0.2, 0) is 11.8 Å². The summed E-state index contributed by atoms with van der Waals surface area (Å²) in [5.41, 5.74) is 2.38. The molecule has 2 rings (SSSR count). The van der Waals surface area contributed by atoms with Crippen LogP contribution in [0.15, 0.2) is 24.5 Å². The van der Waals surface area contributed by atoms with Gasteiger partial charge in [-0.25, -0.2) is 4.79 Å². The van der Waals surface area contributed by atoms with Crippen molar-refractivity contribution in [1.82, 2.24) is 14.8 Å². The average molecular weight is 205 g/mol. The number of aromatic amines is 1. The highest BCUT2D eigenvalue weighted by atomic mass is 16.5. The standard InChI is InChI=1S/C10H11N3O2/c1-13-8(7-5-11-12-6-7)3-4-9(13)10(14)15-2/h3-6H,1-2H3,(H,11,12). The maximum atomic E-state index is 11.4. The lowest BCUT2D eigenvalue weighted by Gasteiger charge is -2.04. The number of esters is 1. The van der Waals surface area contributed by atoms with Crippen LogP contribution in [0.2, 0.25) is 0 Å². The zero-order valence-electron chi connectivity index (χ0n) is 8.52. The molecule has 2 aromatic heterocycles. The summed E-state index contributed by atoms with van der Waals surface area (Å²) >= 11 is 0. The molecule has 0 bridgehead atoms. The Bertz CT molecular complexity index is 471. The fourth-order valence-electron chi connectivity index (χ4n) is 1.50. The summed E-state index contributed by atoms with van der Waals surface area (Å²) in [6.07, 6.45) is 3.48. The van der Waals surface area contributed by atoms with Gasteiger partial charge in [0, 0.05) is 18.8 Å². The fraction of sp³-hybridized carbons (Fsp3) is 0.200. The molecule has 78 valence electrons. The topological polar surface area (TPSA) is 59.9 Å². The lowest BCUT2D eigenvalue weighted by atomic mass is 10.3. The second-order valence-corrected chi connectivity index (χ2v) is 3.14. The van der Waals surface area contributed by atoms with E-state index in [9.17, 15) is 4.79 Å². The van der Waals surface area contributed by atoms with Crippen LogP contribution in [0.3, 0.4) is 0 Å². The molecule has 0 aliphatic rings. The molecule has 0 aromatic carbocycles. The number of hydrogen-bond donors (Lipinski definition) is 1. The first-order chi connectivity index (χ1) is 7.24. The predicted molar refractivity (Wildman–Crippen MR) is 54.3 cm³/mol. The molecule has 0 spiro atoms. The maximum Gasteiger partial charge on any atom is 0.354 e. The van der Waals surface area contributed by atoms with Gasteiger partial charge in [0.05, 0.1) is 19.0 Å². The fourth-order valence-corrected chi connectivity index (χ4v) is 1.50. The molecular weight excluding hydrogens is 194 g/mol. The van der Waals surface area contributed by atoms with Crippen LogP contribution in [-0.4, -0.2) is 27.8 Å². The molecule has 5 heteroatoms. The predicted octanol–water partition coefficient (Wildman–Crippen LogP) is 1.20. The summed E-state index contributed by atoms with van der Waals surface area (Å²) in [5.74, 6) is -0.341. The van der Waals surface area contributed by atoms with E-state index in [0.29, 0.717) is 5.69 Å². The minimum absolute atomic E-state index is 0.341. The number of ether oxygens (including phenoxy) is 1. The van der Waals surface area contributed by atoms with Gasteiger partial charge in [-0.3, -0.25) is 5.10 Å². The minimum Gasteiger partial charge on any atom is -0.464 e. The van der Waals surface area contributed by atoms with Gasteiger partial charge in [0.25, 0.3) is 0 Å². The number of H-pyrrole nitrogens is 1. The van der Waals surface area contributed by atoms with Gasteiger partial charge in [-0.1, -0.05) is 0 Å². The van der Waals surface area contributed by atoms with Crippen molar-refractivity contribution in [2.75, 3.05) is 7.11 Å². The number of aromatic nitrogens is 3. The second-order valence-electron chi connectivity index (χ2n) is 3.14. The highest BCUT2D eigenvalue weighted by Gasteiger charge is 2.13. The molecule has 0 atom stereocenters. The summed E-state index contributed by atoms with van der Waals surface area (Å²) in [6, 6.07) is 3.59. The van der Waals surface area contributed by atoms with Crippen molar-refractivity contribution < 1.29 is 9.53 Å². The Hall–Kier alpha value is -2.04. The molecule has 0 radical (unpaired) electrons. The first kappa shape index (κ1) is 9.51. The van der Waals surface area contributed by atoms with Gasteiger partial charge < -0.3 is 9.30 Å². The van der Waals surface area contributed by atoms with Gasteiger partial charge in [-0.05, 0) is 12.1 Å². The van der Waals surface area contributed by atoms with E-state index in [1.54, 1.807) is 23.0 Å². The molecule has 2 heterocycles. The van der Waals surface area contributed by atoms with Crippen molar-refractivity contribution in [1.29, 1.82) is 0 Å². The van der Waals surface area contributed by atoms with Crippen LogP contribution in [0.25, 0.3) is 11.3 Å². The SMILES string of the molecule is COC(=O)c1ccc(-c2cn[nH]c2)n1C. The monoisotopic (exact) mass is 205 g/mol. The average Bonchev–Trinajstić information content (AvgIpc) is 2.85. The molecule has 5 nitrogen and oxygen atoms in total. The number of methoxy groups -OCH3 is 1. The van der Waals surface area contributed by atoms with Crippen LogP contribution >= 0.6 is 0 Å². The molecule has 0 saturated carbocycles. The van der Waals surface area contributed by atoms with E-state index >= 15 is 0 Å². The lowest BCUT2D eigenvalue weighted by molar-refractivity contribution is 0.0590. The van der Waals surface area contributed by atoms with Crippen LogP contribution in [0.4, 0.5) is 0 Å². The van der Waals surface area contributed by atoms with E-state index in [1.807, 2.05) is 13.1 Å². The molecule has 1 N–H and O–H groups in total. The van der Waals surface area contributed by atoms with E-state index < -0.39 is 0 Å². The summed E-state index contributed by atoms with van der Waals surface area (Å²) in [7, 11) is 3.18. The Balaban J connectivity index is 2.45. The van der Waals surface area contributed by atoms with E-state index in [2.05, 4.69) is 14.9 Å². The van der Waals surface area contributed by atoms with Crippen molar-refractivity contribution in [3.8, 4) is 11.3 Å². The Morgan fingerprint density at radius 3 is 2.93 bits per heavy atom. The van der Waals surface area contributed by atoms with Crippen molar-refractivity contribution in [2.45, 2.75) is 0 Å². The Morgan fingerprint density at radius 1 is 1.53 bits per heavy atom. The van der Waals surface area contributed by atoms with Crippen molar-refractivity contribution in [3.63, 3.8) is 0 Å². The molecule has 0 unspecified atom stereocenters. The lowest BCUT2D eigenvalue weighted by Crippen LogP contribution is -2.07. The van der Waals surface area contributed by atoms with E-state index in [4.69, 9.17) is 0 Å². The van der Waals surface area contributed by atoms with Gasteiger partial charge in [0.1, 0.15) is 5.69 Å². The molecule has 0 saturated heterocycles. The Morgan fingerprint density at radius 2 is 2.33 bits per heavy atom. The second kappa shape index (κ2) is 3.61. The number of carbonyl (C=O) groups is 1. The zero-order chi connectivity index (χ0) is 10.8. The van der Waals surface area contributed by atoms with Crippen molar-refractivity contribution in [2.24, 2.45) is 7.05 Å². The normalized spacial score (nSPS) is 10.3. The van der Waals surface area contributed by atoms with Gasteiger partial charge in [-0.2, -0.15) is 5.10 Å². The summed E-state index contributed by atoms with van der Waals surface area (Å²) < 4.78 is 6.44. The van der Waals surface area contributed by atoms with Crippen LogP contribution in [0.5, 0.6) is 0 Å². The van der Waals surface area contributed by atoms with Gasteiger partial charge in [0.15, 0.2) is 0 Å². The van der Waals surface area contributed by atoms with Crippen molar-refractivity contribution in [3.05, 3.63) is 30.2 Å². The number of nitrogens with one attached hydrogen (secondary N) is 1. The third kappa shape index (κ3) is 1.52. The van der Waals surface area contributed by atoms with E-state index in [1.165, 1.54) is 7.11 Å². The quantitative estimate of drug-likeness (QED) is 0.749. The smallest absolute Gasteiger partial charge is 0.354 e. The van der Waals surface area contributed by atoms with Crippen LogP contribution in [0.1, 0.15) is 10.5 Å². The minimum atomic E-state index is -0.341. The summed E-state index contributed by atoms with van der Waals surface area (Å²) in [6.45, 7) is 0. The first-order valence-corrected chi connectivity index (χ1v) is 4.47. The van der Waals surface area contributed by atoms with Gasteiger partial charge >= 0.3 is 5.97 Å². The number of rotatable bonds is 2. The third-order valence-corrected chi connectivity index (χ3v) is 2.31. The largest absolute Gasteiger partial charge is 0.464 e.